The molecular weight excluding hydrogens is 228 g/mol. The standard InChI is InChI=1S/C14H16N2O2/c17-13-11-8-4-5-9-12(11)14(18)16(15-13)10-6-2-1-3-7-10/h4-5,8-10H,1-3,6-7H2,(H,15,17). The number of H-pyrrole nitrogens is 1. The number of benzene rings is 1. The summed E-state index contributed by atoms with van der Waals surface area (Å²) in [6, 6.07) is 7.16. The van der Waals surface area contributed by atoms with Gasteiger partial charge in [-0.15, -0.1) is 0 Å². The van der Waals surface area contributed by atoms with E-state index < -0.39 is 0 Å². The van der Waals surface area contributed by atoms with E-state index >= 15 is 0 Å². The molecule has 4 heteroatoms. The number of hydrogen-bond donors (Lipinski definition) is 1. The second-order valence-corrected chi connectivity index (χ2v) is 4.95. The van der Waals surface area contributed by atoms with Crippen LogP contribution in [0.4, 0.5) is 0 Å². The third-order valence-electron chi connectivity index (χ3n) is 3.78. The van der Waals surface area contributed by atoms with Gasteiger partial charge in [0, 0.05) is 0 Å². The lowest BCUT2D eigenvalue weighted by molar-refractivity contribution is 0.318. The second-order valence-electron chi connectivity index (χ2n) is 4.95. The minimum Gasteiger partial charge on any atom is -0.267 e. The van der Waals surface area contributed by atoms with Crippen molar-refractivity contribution < 1.29 is 0 Å². The predicted molar refractivity (Wildman–Crippen MR) is 71.0 cm³/mol. The first-order chi connectivity index (χ1) is 8.77. The van der Waals surface area contributed by atoms with Crippen molar-refractivity contribution >= 4 is 10.8 Å². The zero-order valence-corrected chi connectivity index (χ0v) is 10.2. The Morgan fingerprint density at radius 2 is 1.67 bits per heavy atom. The lowest BCUT2D eigenvalue weighted by Gasteiger charge is -2.23. The summed E-state index contributed by atoms with van der Waals surface area (Å²) in [5.74, 6) is 0. The van der Waals surface area contributed by atoms with E-state index in [0.29, 0.717) is 10.8 Å². The molecule has 0 bridgehead atoms. The van der Waals surface area contributed by atoms with Crippen LogP contribution in [0.25, 0.3) is 10.8 Å². The smallest absolute Gasteiger partial charge is 0.267 e. The van der Waals surface area contributed by atoms with E-state index in [1.54, 1.807) is 28.9 Å². The molecule has 0 atom stereocenters. The van der Waals surface area contributed by atoms with E-state index in [9.17, 15) is 9.59 Å². The van der Waals surface area contributed by atoms with Crippen molar-refractivity contribution in [2.75, 3.05) is 0 Å². The van der Waals surface area contributed by atoms with Crippen molar-refractivity contribution in [3.63, 3.8) is 0 Å². The number of fused-ring (bicyclic) bond motifs is 1. The number of nitrogens with zero attached hydrogens (tertiary/aromatic N) is 1. The Bertz CT molecular complexity index is 678. The second kappa shape index (κ2) is 4.44. The van der Waals surface area contributed by atoms with Crippen LogP contribution in [0.2, 0.25) is 0 Å². The summed E-state index contributed by atoms with van der Waals surface area (Å²) >= 11 is 0. The maximum Gasteiger partial charge on any atom is 0.273 e. The Morgan fingerprint density at radius 3 is 2.39 bits per heavy atom. The predicted octanol–water partition coefficient (Wildman–Crippen LogP) is 2.20. The molecule has 3 rings (SSSR count). The Hall–Kier alpha value is -1.84. The highest BCUT2D eigenvalue weighted by Crippen LogP contribution is 2.26. The lowest BCUT2D eigenvalue weighted by Crippen LogP contribution is -2.33. The molecule has 1 aliphatic carbocycles. The number of hydrogen-bond acceptors (Lipinski definition) is 2. The van der Waals surface area contributed by atoms with Crippen molar-refractivity contribution in [2.45, 2.75) is 38.1 Å². The van der Waals surface area contributed by atoms with Crippen molar-refractivity contribution in [1.82, 2.24) is 9.78 Å². The SMILES string of the molecule is O=c1[nH]n(C2CCCCC2)c(=O)c2ccccc12. The summed E-state index contributed by atoms with van der Waals surface area (Å²) in [7, 11) is 0. The lowest BCUT2D eigenvalue weighted by atomic mass is 9.95. The highest BCUT2D eigenvalue weighted by atomic mass is 16.2. The maximum absolute atomic E-state index is 12.4. The van der Waals surface area contributed by atoms with E-state index in [1.807, 2.05) is 0 Å². The average molecular weight is 244 g/mol. The first-order valence-corrected chi connectivity index (χ1v) is 6.51. The van der Waals surface area contributed by atoms with Crippen LogP contribution in [-0.4, -0.2) is 9.78 Å². The zero-order valence-electron chi connectivity index (χ0n) is 10.2. The molecule has 1 heterocycles. The molecule has 0 aliphatic heterocycles. The molecular formula is C14H16N2O2. The van der Waals surface area contributed by atoms with E-state index in [4.69, 9.17) is 0 Å². The molecule has 1 saturated carbocycles. The number of nitrogens with one attached hydrogen (secondary N) is 1. The van der Waals surface area contributed by atoms with Crippen LogP contribution in [0.15, 0.2) is 33.9 Å². The molecule has 0 saturated heterocycles. The first kappa shape index (κ1) is 11.3. The van der Waals surface area contributed by atoms with E-state index in [1.165, 1.54) is 6.42 Å². The molecule has 94 valence electrons. The Balaban J connectivity index is 2.21. The minimum atomic E-state index is -0.171. The zero-order chi connectivity index (χ0) is 12.5. The van der Waals surface area contributed by atoms with Gasteiger partial charge >= 0.3 is 0 Å². The molecule has 2 aromatic rings. The topological polar surface area (TPSA) is 54.9 Å². The fourth-order valence-electron chi connectivity index (χ4n) is 2.81. The van der Waals surface area contributed by atoms with E-state index in [2.05, 4.69) is 5.10 Å². The monoisotopic (exact) mass is 244 g/mol. The van der Waals surface area contributed by atoms with Crippen LogP contribution < -0.4 is 11.1 Å². The third-order valence-corrected chi connectivity index (χ3v) is 3.78. The molecule has 1 N–H and O–H groups in total. The largest absolute Gasteiger partial charge is 0.273 e. The minimum absolute atomic E-state index is 0.0721. The van der Waals surface area contributed by atoms with Gasteiger partial charge in [0.15, 0.2) is 0 Å². The first-order valence-electron chi connectivity index (χ1n) is 6.51. The Morgan fingerprint density at radius 1 is 1.00 bits per heavy atom. The summed E-state index contributed by atoms with van der Waals surface area (Å²) in [6.07, 6.45) is 5.45. The van der Waals surface area contributed by atoms with E-state index in [0.717, 1.165) is 25.7 Å². The molecule has 0 amide bonds. The van der Waals surface area contributed by atoms with Crippen molar-refractivity contribution in [3.8, 4) is 0 Å². The van der Waals surface area contributed by atoms with Gasteiger partial charge in [0.05, 0.1) is 16.8 Å². The van der Waals surface area contributed by atoms with Crippen LogP contribution in [0.3, 0.4) is 0 Å². The molecule has 0 unspecified atom stereocenters. The van der Waals surface area contributed by atoms with Crippen molar-refractivity contribution in [1.29, 1.82) is 0 Å². The van der Waals surface area contributed by atoms with Gasteiger partial charge in [0.2, 0.25) is 0 Å². The van der Waals surface area contributed by atoms with Crippen LogP contribution in [-0.2, 0) is 0 Å². The van der Waals surface area contributed by atoms with Crippen LogP contribution >= 0.6 is 0 Å². The molecule has 4 nitrogen and oxygen atoms in total. The fraction of sp³-hybridized carbons (Fsp3) is 0.429. The van der Waals surface area contributed by atoms with Crippen LogP contribution in [0.1, 0.15) is 38.1 Å². The Labute approximate surface area is 104 Å². The van der Waals surface area contributed by atoms with Gasteiger partial charge in [-0.2, -0.15) is 0 Å². The quantitative estimate of drug-likeness (QED) is 0.836. The summed E-state index contributed by atoms with van der Waals surface area (Å²) in [5, 5.41) is 3.74. The van der Waals surface area contributed by atoms with Gasteiger partial charge in [-0.3, -0.25) is 14.7 Å². The molecule has 0 radical (unpaired) electrons. The van der Waals surface area contributed by atoms with Crippen molar-refractivity contribution in [3.05, 3.63) is 45.0 Å². The molecule has 18 heavy (non-hydrogen) atoms. The van der Waals surface area contributed by atoms with Crippen molar-refractivity contribution in [2.24, 2.45) is 0 Å². The number of aromatic amines is 1. The summed E-state index contributed by atoms with van der Waals surface area (Å²) in [4.78, 5) is 24.4. The van der Waals surface area contributed by atoms with Gasteiger partial charge in [-0.1, -0.05) is 31.4 Å². The summed E-state index contributed by atoms with van der Waals surface area (Å²) in [5.41, 5.74) is -0.243. The molecule has 1 fully saturated rings. The van der Waals surface area contributed by atoms with Crippen LogP contribution in [0.5, 0.6) is 0 Å². The third kappa shape index (κ3) is 1.78. The summed E-state index contributed by atoms with van der Waals surface area (Å²) < 4.78 is 1.55. The molecule has 1 aliphatic rings. The number of aromatic nitrogens is 2. The molecule has 0 spiro atoms. The molecule has 1 aromatic carbocycles. The molecule has 1 aromatic heterocycles. The average Bonchev–Trinajstić information content (AvgIpc) is 2.44. The normalized spacial score (nSPS) is 17.1. The van der Waals surface area contributed by atoms with E-state index in [-0.39, 0.29) is 17.2 Å². The maximum atomic E-state index is 12.4. The highest BCUT2D eigenvalue weighted by molar-refractivity contribution is 5.80. The fourth-order valence-corrected chi connectivity index (χ4v) is 2.81. The van der Waals surface area contributed by atoms with Gasteiger partial charge < -0.3 is 0 Å². The van der Waals surface area contributed by atoms with Gasteiger partial charge in [-0.05, 0) is 25.0 Å². The van der Waals surface area contributed by atoms with Gasteiger partial charge in [0.25, 0.3) is 11.1 Å². The van der Waals surface area contributed by atoms with Crippen LogP contribution in [0, 0.1) is 0 Å². The Kier molecular flexibility index (Phi) is 2.78. The van der Waals surface area contributed by atoms with Gasteiger partial charge in [-0.25, -0.2) is 4.68 Å². The highest BCUT2D eigenvalue weighted by Gasteiger charge is 2.18. The van der Waals surface area contributed by atoms with Gasteiger partial charge in [0.1, 0.15) is 0 Å². The summed E-state index contributed by atoms with van der Waals surface area (Å²) in [6.45, 7) is 0. The number of rotatable bonds is 1.